The first kappa shape index (κ1) is 18.1. The Morgan fingerprint density at radius 1 is 0.964 bits per heavy atom. The van der Waals surface area contributed by atoms with Crippen LogP contribution in [0.15, 0.2) is 85.1 Å². The zero-order chi connectivity index (χ0) is 19.5. The minimum absolute atomic E-state index is 0.0347. The van der Waals surface area contributed by atoms with E-state index in [-0.39, 0.29) is 12.3 Å². The predicted molar refractivity (Wildman–Crippen MR) is 113 cm³/mol. The average Bonchev–Trinajstić information content (AvgIpc) is 3.08. The van der Waals surface area contributed by atoms with Gasteiger partial charge in [-0.15, -0.1) is 0 Å². The summed E-state index contributed by atoms with van der Waals surface area (Å²) in [6.45, 7) is 2.10. The number of carboxylic acids is 1. The summed E-state index contributed by atoms with van der Waals surface area (Å²) in [5.74, 6) is -0.726. The molecule has 140 valence electrons. The van der Waals surface area contributed by atoms with E-state index in [2.05, 4.69) is 60.2 Å². The number of nitrogens with zero attached hydrogens (tertiary/aromatic N) is 1. The molecule has 1 unspecified atom stereocenters. The molecule has 0 saturated carbocycles. The summed E-state index contributed by atoms with van der Waals surface area (Å²) in [7, 11) is 0. The first-order chi connectivity index (χ1) is 13.6. The van der Waals surface area contributed by atoms with E-state index in [9.17, 15) is 9.90 Å². The lowest BCUT2D eigenvalue weighted by Crippen LogP contribution is -2.05. The zero-order valence-corrected chi connectivity index (χ0v) is 15.9. The number of rotatable bonds is 6. The number of carboxylic acid groups (broad SMARTS) is 1. The van der Waals surface area contributed by atoms with Crippen LogP contribution in [0, 0.1) is 6.92 Å². The van der Waals surface area contributed by atoms with Crippen LogP contribution in [0.4, 0.5) is 0 Å². The normalized spacial score (nSPS) is 12.2. The molecule has 4 rings (SSSR count). The topological polar surface area (TPSA) is 42.2 Å². The van der Waals surface area contributed by atoms with Gasteiger partial charge in [-0.3, -0.25) is 4.79 Å². The van der Waals surface area contributed by atoms with Crippen LogP contribution < -0.4 is 0 Å². The number of aryl methyl sites for hydroxylation is 1. The minimum Gasteiger partial charge on any atom is -0.481 e. The molecule has 4 aromatic rings. The van der Waals surface area contributed by atoms with Gasteiger partial charge in [0, 0.05) is 29.6 Å². The van der Waals surface area contributed by atoms with Crippen LogP contribution in [0.1, 0.15) is 35.4 Å². The standard InChI is InChI=1S/C25H23NO2/c1-18-12-13-22-23(17-26(24(22)16-18)20-10-6-3-7-11-20)21(14-15-25(27)28)19-8-4-2-5-9-19/h2-13,16-17,21H,14-15H2,1H3,(H,27,28). The van der Waals surface area contributed by atoms with E-state index in [1.165, 1.54) is 16.5 Å². The fourth-order valence-corrected chi connectivity index (χ4v) is 3.90. The number of hydrogen-bond donors (Lipinski definition) is 1. The number of benzene rings is 3. The molecule has 0 bridgehead atoms. The van der Waals surface area contributed by atoms with E-state index in [1.807, 2.05) is 36.4 Å². The Balaban J connectivity index is 1.91. The number of para-hydroxylation sites is 1. The molecule has 0 radical (unpaired) electrons. The Kier molecular flexibility index (Phi) is 4.98. The molecule has 0 fully saturated rings. The minimum atomic E-state index is -0.761. The van der Waals surface area contributed by atoms with Gasteiger partial charge in [-0.2, -0.15) is 0 Å². The summed E-state index contributed by atoms with van der Waals surface area (Å²) >= 11 is 0. The van der Waals surface area contributed by atoms with Crippen molar-refractivity contribution in [1.29, 1.82) is 0 Å². The molecule has 0 amide bonds. The van der Waals surface area contributed by atoms with Crippen LogP contribution in [-0.2, 0) is 4.79 Å². The second kappa shape index (κ2) is 7.73. The van der Waals surface area contributed by atoms with Crippen LogP contribution in [0.3, 0.4) is 0 Å². The second-order valence-electron chi connectivity index (χ2n) is 7.21. The molecule has 1 atom stereocenters. The third kappa shape index (κ3) is 3.56. The smallest absolute Gasteiger partial charge is 0.303 e. The van der Waals surface area contributed by atoms with Crippen LogP contribution >= 0.6 is 0 Å². The monoisotopic (exact) mass is 369 g/mol. The van der Waals surface area contributed by atoms with Crippen molar-refractivity contribution in [2.75, 3.05) is 0 Å². The van der Waals surface area contributed by atoms with Crippen molar-refractivity contribution in [3.8, 4) is 5.69 Å². The molecule has 3 heteroatoms. The van der Waals surface area contributed by atoms with Crippen molar-refractivity contribution >= 4 is 16.9 Å². The van der Waals surface area contributed by atoms with E-state index in [0.29, 0.717) is 6.42 Å². The van der Waals surface area contributed by atoms with Crippen molar-refractivity contribution in [3.05, 3.63) is 102 Å². The van der Waals surface area contributed by atoms with Crippen molar-refractivity contribution in [1.82, 2.24) is 4.57 Å². The molecular weight excluding hydrogens is 346 g/mol. The van der Waals surface area contributed by atoms with Gasteiger partial charge in [-0.25, -0.2) is 0 Å². The summed E-state index contributed by atoms with van der Waals surface area (Å²) in [6.07, 6.45) is 2.89. The lowest BCUT2D eigenvalue weighted by atomic mass is 9.87. The Morgan fingerprint density at radius 2 is 1.64 bits per heavy atom. The molecule has 0 aliphatic rings. The number of aliphatic carboxylic acids is 1. The largest absolute Gasteiger partial charge is 0.481 e. The maximum Gasteiger partial charge on any atom is 0.303 e. The van der Waals surface area contributed by atoms with Crippen LogP contribution in [-0.4, -0.2) is 15.6 Å². The zero-order valence-electron chi connectivity index (χ0n) is 15.9. The molecule has 28 heavy (non-hydrogen) atoms. The van der Waals surface area contributed by atoms with Gasteiger partial charge in [0.15, 0.2) is 0 Å². The molecule has 1 heterocycles. The van der Waals surface area contributed by atoms with E-state index in [4.69, 9.17) is 0 Å². The molecule has 0 aliphatic carbocycles. The second-order valence-corrected chi connectivity index (χ2v) is 7.21. The lowest BCUT2D eigenvalue weighted by Gasteiger charge is -2.16. The Morgan fingerprint density at radius 3 is 2.32 bits per heavy atom. The van der Waals surface area contributed by atoms with Crippen LogP contribution in [0.2, 0.25) is 0 Å². The van der Waals surface area contributed by atoms with Crippen LogP contribution in [0.25, 0.3) is 16.6 Å². The molecule has 0 saturated heterocycles. The molecule has 0 aliphatic heterocycles. The number of hydrogen-bond acceptors (Lipinski definition) is 1. The van der Waals surface area contributed by atoms with E-state index < -0.39 is 5.97 Å². The molecular formula is C25H23NO2. The third-order valence-corrected chi connectivity index (χ3v) is 5.25. The SMILES string of the molecule is Cc1ccc2c(C(CCC(=O)O)c3ccccc3)cn(-c3ccccc3)c2c1. The van der Waals surface area contributed by atoms with Gasteiger partial charge in [-0.1, -0.05) is 60.7 Å². The summed E-state index contributed by atoms with van der Waals surface area (Å²) in [4.78, 5) is 11.3. The quantitative estimate of drug-likeness (QED) is 0.457. The Bertz CT molecular complexity index is 1100. The van der Waals surface area contributed by atoms with Crippen molar-refractivity contribution in [2.45, 2.75) is 25.7 Å². The van der Waals surface area contributed by atoms with Crippen molar-refractivity contribution in [3.63, 3.8) is 0 Å². The fraction of sp³-hybridized carbons (Fsp3) is 0.160. The summed E-state index contributed by atoms with van der Waals surface area (Å²) in [5.41, 5.74) is 5.78. The van der Waals surface area contributed by atoms with Gasteiger partial charge in [-0.05, 0) is 48.2 Å². The highest BCUT2D eigenvalue weighted by atomic mass is 16.4. The number of fused-ring (bicyclic) bond motifs is 1. The van der Waals surface area contributed by atoms with Gasteiger partial charge < -0.3 is 9.67 Å². The third-order valence-electron chi connectivity index (χ3n) is 5.25. The van der Waals surface area contributed by atoms with E-state index in [1.54, 1.807) is 0 Å². The molecule has 0 spiro atoms. The van der Waals surface area contributed by atoms with Gasteiger partial charge in [0.2, 0.25) is 0 Å². The van der Waals surface area contributed by atoms with Crippen LogP contribution in [0.5, 0.6) is 0 Å². The highest BCUT2D eigenvalue weighted by Gasteiger charge is 2.21. The molecule has 3 aromatic carbocycles. The molecule has 3 nitrogen and oxygen atoms in total. The van der Waals surface area contributed by atoms with Crippen molar-refractivity contribution in [2.24, 2.45) is 0 Å². The Labute approximate surface area is 164 Å². The summed E-state index contributed by atoms with van der Waals surface area (Å²) < 4.78 is 2.22. The van der Waals surface area contributed by atoms with Gasteiger partial charge in [0.1, 0.15) is 0 Å². The van der Waals surface area contributed by atoms with Gasteiger partial charge in [0.25, 0.3) is 0 Å². The molecule has 1 aromatic heterocycles. The maximum atomic E-state index is 11.3. The number of aromatic nitrogens is 1. The van der Waals surface area contributed by atoms with Gasteiger partial charge >= 0.3 is 5.97 Å². The van der Waals surface area contributed by atoms with E-state index >= 15 is 0 Å². The first-order valence-corrected chi connectivity index (χ1v) is 9.57. The predicted octanol–water partition coefficient (Wildman–Crippen LogP) is 5.94. The highest BCUT2D eigenvalue weighted by Crippen LogP contribution is 2.37. The summed E-state index contributed by atoms with van der Waals surface area (Å²) in [5, 5.41) is 10.5. The maximum absolute atomic E-state index is 11.3. The van der Waals surface area contributed by atoms with Gasteiger partial charge in [0.05, 0.1) is 5.52 Å². The highest BCUT2D eigenvalue weighted by molar-refractivity contribution is 5.87. The average molecular weight is 369 g/mol. The fourth-order valence-electron chi connectivity index (χ4n) is 3.90. The Hall–Kier alpha value is -3.33. The van der Waals surface area contributed by atoms with E-state index in [0.717, 1.165) is 16.8 Å². The lowest BCUT2D eigenvalue weighted by molar-refractivity contribution is -0.137. The first-order valence-electron chi connectivity index (χ1n) is 9.57. The van der Waals surface area contributed by atoms with Crippen molar-refractivity contribution < 1.29 is 9.90 Å². The summed E-state index contributed by atoms with van der Waals surface area (Å²) in [6, 6.07) is 27.0. The number of carbonyl (C=O) groups is 1. The molecule has 1 N–H and O–H groups in total.